The number of hydrogen-bond acceptors (Lipinski definition) is 2. The first-order valence-corrected chi connectivity index (χ1v) is 6.31. The van der Waals surface area contributed by atoms with Gasteiger partial charge in [0, 0.05) is 22.7 Å². The molecule has 0 aliphatic carbocycles. The van der Waals surface area contributed by atoms with Crippen LogP contribution in [0.1, 0.15) is 15.9 Å². The molecule has 100 valence electrons. The predicted molar refractivity (Wildman–Crippen MR) is 77.6 cm³/mol. The lowest BCUT2D eigenvalue weighted by Gasteiger charge is -2.07. The van der Waals surface area contributed by atoms with Crippen molar-refractivity contribution in [3.8, 4) is 5.75 Å². The molecule has 1 heterocycles. The second-order valence-corrected chi connectivity index (χ2v) is 4.58. The number of aromatic nitrogens is 1. The summed E-state index contributed by atoms with van der Waals surface area (Å²) in [6.07, 6.45) is 1.90. The van der Waals surface area contributed by atoms with Gasteiger partial charge in [-0.15, -0.1) is 0 Å². The zero-order chi connectivity index (χ0) is 13.9. The maximum absolute atomic E-state index is 11.0. The topological polar surface area (TPSA) is 68.1 Å². The second kappa shape index (κ2) is 5.09. The molecule has 3 N–H and O–H groups in total. The first kappa shape index (κ1) is 12.3. The number of H-pyrrole nitrogens is 1. The fraction of sp³-hybridized carbons (Fsp3) is 0.0625. The molecule has 3 aromatic rings. The van der Waals surface area contributed by atoms with Crippen molar-refractivity contribution in [3.63, 3.8) is 0 Å². The first-order valence-electron chi connectivity index (χ1n) is 6.31. The molecule has 2 aromatic carbocycles. The summed E-state index contributed by atoms with van der Waals surface area (Å²) in [4.78, 5) is 14.1. The number of hydrogen-bond donors (Lipinski definition) is 2. The quantitative estimate of drug-likeness (QED) is 0.762. The van der Waals surface area contributed by atoms with E-state index in [4.69, 9.17) is 10.5 Å². The SMILES string of the molecule is NC(=O)c1ccc(COc2ccc3[nH]ccc3c2)cc1. The molecule has 0 saturated carbocycles. The molecule has 4 heteroatoms. The Balaban J connectivity index is 1.70. The number of primary amides is 1. The van der Waals surface area contributed by atoms with Gasteiger partial charge in [0.05, 0.1) is 0 Å². The minimum Gasteiger partial charge on any atom is -0.489 e. The molecule has 0 saturated heterocycles. The third-order valence-corrected chi connectivity index (χ3v) is 3.17. The molecule has 4 nitrogen and oxygen atoms in total. The molecule has 0 atom stereocenters. The first-order chi connectivity index (χ1) is 9.72. The highest BCUT2D eigenvalue weighted by Gasteiger charge is 2.01. The van der Waals surface area contributed by atoms with Crippen LogP contribution >= 0.6 is 0 Å². The van der Waals surface area contributed by atoms with E-state index in [-0.39, 0.29) is 0 Å². The largest absolute Gasteiger partial charge is 0.489 e. The molecule has 1 amide bonds. The van der Waals surface area contributed by atoms with Crippen molar-refractivity contribution in [2.24, 2.45) is 5.73 Å². The van der Waals surface area contributed by atoms with Crippen molar-refractivity contribution in [1.82, 2.24) is 4.98 Å². The predicted octanol–water partition coefficient (Wildman–Crippen LogP) is 2.85. The Morgan fingerprint density at radius 1 is 1.10 bits per heavy atom. The molecular formula is C16H14N2O2. The number of nitrogens with two attached hydrogens (primary N) is 1. The van der Waals surface area contributed by atoms with E-state index in [0.29, 0.717) is 12.2 Å². The lowest BCUT2D eigenvalue weighted by Crippen LogP contribution is -2.10. The number of nitrogens with one attached hydrogen (secondary N) is 1. The summed E-state index contributed by atoms with van der Waals surface area (Å²) in [6.45, 7) is 0.453. The van der Waals surface area contributed by atoms with Crippen molar-refractivity contribution in [1.29, 1.82) is 0 Å². The molecular weight excluding hydrogens is 252 g/mol. The Morgan fingerprint density at radius 2 is 1.90 bits per heavy atom. The smallest absolute Gasteiger partial charge is 0.248 e. The molecule has 0 unspecified atom stereocenters. The van der Waals surface area contributed by atoms with E-state index >= 15 is 0 Å². The molecule has 3 rings (SSSR count). The Hall–Kier alpha value is -2.75. The van der Waals surface area contributed by atoms with Crippen molar-refractivity contribution in [2.45, 2.75) is 6.61 Å². The molecule has 20 heavy (non-hydrogen) atoms. The summed E-state index contributed by atoms with van der Waals surface area (Å²) in [6, 6.07) is 15.0. The van der Waals surface area contributed by atoms with Crippen LogP contribution in [0, 0.1) is 0 Å². The van der Waals surface area contributed by atoms with Gasteiger partial charge in [-0.2, -0.15) is 0 Å². The monoisotopic (exact) mass is 266 g/mol. The van der Waals surface area contributed by atoms with E-state index in [1.165, 1.54) is 0 Å². The Kier molecular flexibility index (Phi) is 3.13. The summed E-state index contributed by atoms with van der Waals surface area (Å²) in [5, 5.41) is 1.12. The highest BCUT2D eigenvalue weighted by Crippen LogP contribution is 2.20. The maximum Gasteiger partial charge on any atom is 0.248 e. The van der Waals surface area contributed by atoms with Gasteiger partial charge in [-0.1, -0.05) is 12.1 Å². The van der Waals surface area contributed by atoms with Crippen LogP contribution in [0.4, 0.5) is 0 Å². The molecule has 0 radical (unpaired) electrons. The number of rotatable bonds is 4. The van der Waals surface area contributed by atoms with Gasteiger partial charge in [0.25, 0.3) is 0 Å². The summed E-state index contributed by atoms with van der Waals surface area (Å²) < 4.78 is 5.74. The van der Waals surface area contributed by atoms with Crippen molar-refractivity contribution >= 4 is 16.8 Å². The number of carbonyl (C=O) groups excluding carboxylic acids is 1. The van der Waals surface area contributed by atoms with Gasteiger partial charge < -0.3 is 15.5 Å². The van der Waals surface area contributed by atoms with Crippen LogP contribution in [0.5, 0.6) is 5.75 Å². The molecule has 0 spiro atoms. The number of carbonyl (C=O) groups is 1. The molecule has 0 aliphatic rings. The standard InChI is InChI=1S/C16H14N2O2/c17-16(19)12-3-1-11(2-4-12)10-20-14-5-6-15-13(9-14)7-8-18-15/h1-9,18H,10H2,(H2,17,19). The third kappa shape index (κ3) is 2.49. The van der Waals surface area contributed by atoms with E-state index in [1.807, 2.05) is 42.6 Å². The van der Waals surface area contributed by atoms with Gasteiger partial charge in [0.2, 0.25) is 5.91 Å². The average molecular weight is 266 g/mol. The second-order valence-electron chi connectivity index (χ2n) is 4.58. The zero-order valence-electron chi connectivity index (χ0n) is 10.8. The van der Waals surface area contributed by atoms with Crippen molar-refractivity contribution in [2.75, 3.05) is 0 Å². The van der Waals surface area contributed by atoms with Crippen LogP contribution in [-0.4, -0.2) is 10.9 Å². The van der Waals surface area contributed by atoms with E-state index in [1.54, 1.807) is 12.1 Å². The summed E-state index contributed by atoms with van der Waals surface area (Å²) in [5.41, 5.74) is 7.78. The van der Waals surface area contributed by atoms with Crippen molar-refractivity contribution < 1.29 is 9.53 Å². The summed E-state index contributed by atoms with van der Waals surface area (Å²) in [5.74, 6) is 0.395. The Bertz CT molecular complexity index is 745. The number of amides is 1. The van der Waals surface area contributed by atoms with Crippen LogP contribution in [-0.2, 0) is 6.61 Å². The van der Waals surface area contributed by atoms with Gasteiger partial charge in [0.1, 0.15) is 12.4 Å². The van der Waals surface area contributed by atoms with Gasteiger partial charge >= 0.3 is 0 Å². The fourth-order valence-electron chi connectivity index (χ4n) is 2.05. The Morgan fingerprint density at radius 3 is 2.65 bits per heavy atom. The Labute approximate surface area is 116 Å². The number of benzene rings is 2. The van der Waals surface area contributed by atoms with Gasteiger partial charge in [-0.05, 0) is 42.0 Å². The van der Waals surface area contributed by atoms with Crippen LogP contribution in [0.3, 0.4) is 0 Å². The lowest BCUT2D eigenvalue weighted by molar-refractivity contribution is 0.1000. The van der Waals surface area contributed by atoms with Gasteiger partial charge in [-0.3, -0.25) is 4.79 Å². The van der Waals surface area contributed by atoms with Crippen molar-refractivity contribution in [3.05, 3.63) is 65.9 Å². The minimum atomic E-state index is -0.421. The van der Waals surface area contributed by atoms with Crippen LogP contribution in [0.25, 0.3) is 10.9 Å². The number of aromatic amines is 1. The molecule has 0 fully saturated rings. The van der Waals surface area contributed by atoms with Gasteiger partial charge in [0.15, 0.2) is 0 Å². The minimum absolute atomic E-state index is 0.421. The highest BCUT2D eigenvalue weighted by atomic mass is 16.5. The molecule has 0 bridgehead atoms. The van der Waals surface area contributed by atoms with E-state index in [0.717, 1.165) is 22.2 Å². The third-order valence-electron chi connectivity index (χ3n) is 3.17. The van der Waals surface area contributed by atoms with Gasteiger partial charge in [-0.25, -0.2) is 0 Å². The van der Waals surface area contributed by atoms with E-state index in [2.05, 4.69) is 4.98 Å². The zero-order valence-corrected chi connectivity index (χ0v) is 10.8. The highest BCUT2D eigenvalue weighted by molar-refractivity contribution is 5.92. The number of ether oxygens (including phenoxy) is 1. The van der Waals surface area contributed by atoms with E-state index < -0.39 is 5.91 Å². The molecule has 0 aliphatic heterocycles. The fourth-order valence-corrected chi connectivity index (χ4v) is 2.05. The van der Waals surface area contributed by atoms with Crippen LogP contribution in [0.2, 0.25) is 0 Å². The lowest BCUT2D eigenvalue weighted by atomic mass is 10.1. The van der Waals surface area contributed by atoms with Crippen LogP contribution < -0.4 is 10.5 Å². The number of fused-ring (bicyclic) bond motifs is 1. The van der Waals surface area contributed by atoms with E-state index in [9.17, 15) is 4.79 Å². The normalized spacial score (nSPS) is 10.6. The van der Waals surface area contributed by atoms with Crippen LogP contribution in [0.15, 0.2) is 54.7 Å². The summed E-state index contributed by atoms with van der Waals surface area (Å²) in [7, 11) is 0. The summed E-state index contributed by atoms with van der Waals surface area (Å²) >= 11 is 0. The molecule has 1 aromatic heterocycles. The maximum atomic E-state index is 11.0. The average Bonchev–Trinajstić information content (AvgIpc) is 2.93.